The zero-order chi connectivity index (χ0) is 11.5. The van der Waals surface area contributed by atoms with Gasteiger partial charge in [-0.2, -0.15) is 0 Å². The molecule has 1 nitrogen and oxygen atoms in total. The lowest BCUT2D eigenvalue weighted by Crippen LogP contribution is -2.43. The third kappa shape index (κ3) is 4.35. The first kappa shape index (κ1) is 12.7. The predicted molar refractivity (Wildman–Crippen MR) is 69.5 cm³/mol. The number of nitrogens with one attached hydrogen (secondary N) is 1. The highest BCUT2D eigenvalue weighted by Gasteiger charge is 2.21. The van der Waals surface area contributed by atoms with Crippen LogP contribution in [0.1, 0.15) is 39.5 Å². The van der Waals surface area contributed by atoms with E-state index in [2.05, 4.69) is 57.4 Å². The number of thiophene rings is 1. The van der Waals surface area contributed by atoms with Crippen LogP contribution < -0.4 is 5.32 Å². The van der Waals surface area contributed by atoms with Gasteiger partial charge in [-0.3, -0.25) is 0 Å². The molecule has 0 saturated heterocycles. The number of hydrogen-bond acceptors (Lipinski definition) is 2. The van der Waals surface area contributed by atoms with Gasteiger partial charge in [-0.05, 0) is 37.1 Å². The summed E-state index contributed by atoms with van der Waals surface area (Å²) in [7, 11) is 0. The Bertz CT molecular complexity index is 271. The van der Waals surface area contributed by atoms with E-state index in [1.807, 2.05) is 11.3 Å². The Morgan fingerprint density at radius 2 is 2.00 bits per heavy atom. The Hall–Kier alpha value is -0.340. The lowest BCUT2D eigenvalue weighted by molar-refractivity contribution is 0.267. The van der Waals surface area contributed by atoms with Gasteiger partial charge in [-0.1, -0.05) is 26.8 Å². The average molecular weight is 225 g/mol. The molecule has 86 valence electrons. The molecule has 15 heavy (non-hydrogen) atoms. The summed E-state index contributed by atoms with van der Waals surface area (Å²) < 4.78 is 0. The molecule has 2 atom stereocenters. The van der Waals surface area contributed by atoms with Crippen LogP contribution in [0, 0.1) is 5.41 Å². The van der Waals surface area contributed by atoms with Crippen LogP contribution in [-0.2, 0) is 6.42 Å². The Labute approximate surface area is 97.9 Å². The fourth-order valence-electron chi connectivity index (χ4n) is 1.47. The Balaban J connectivity index is 2.39. The summed E-state index contributed by atoms with van der Waals surface area (Å²) in [5.41, 5.74) is 0.337. The van der Waals surface area contributed by atoms with Crippen molar-refractivity contribution in [2.45, 2.75) is 53.1 Å². The second kappa shape index (κ2) is 5.13. The molecule has 0 amide bonds. The van der Waals surface area contributed by atoms with Crippen molar-refractivity contribution in [1.82, 2.24) is 5.32 Å². The minimum Gasteiger partial charge on any atom is -0.311 e. The monoisotopic (exact) mass is 225 g/mol. The standard InChI is InChI=1S/C13H23NS/c1-10(9-12-7-6-8-15-12)14-11(2)13(3,4)5/h6-8,10-11,14H,9H2,1-5H3. The lowest BCUT2D eigenvalue weighted by Gasteiger charge is -2.31. The van der Waals surface area contributed by atoms with Crippen LogP contribution in [-0.4, -0.2) is 12.1 Å². The van der Waals surface area contributed by atoms with Crippen LogP contribution in [0.4, 0.5) is 0 Å². The average Bonchev–Trinajstić information content (AvgIpc) is 2.54. The maximum atomic E-state index is 3.66. The topological polar surface area (TPSA) is 12.0 Å². The minimum absolute atomic E-state index is 0.337. The van der Waals surface area contributed by atoms with Crippen molar-refractivity contribution in [1.29, 1.82) is 0 Å². The van der Waals surface area contributed by atoms with E-state index in [0.717, 1.165) is 6.42 Å². The van der Waals surface area contributed by atoms with E-state index >= 15 is 0 Å². The summed E-state index contributed by atoms with van der Waals surface area (Å²) in [6.45, 7) is 11.4. The molecule has 0 radical (unpaired) electrons. The Morgan fingerprint density at radius 1 is 1.33 bits per heavy atom. The maximum absolute atomic E-state index is 3.66. The van der Waals surface area contributed by atoms with Crippen LogP contribution in [0.2, 0.25) is 0 Å². The third-order valence-electron chi connectivity index (χ3n) is 2.92. The SMILES string of the molecule is CC(Cc1cccs1)NC(C)C(C)(C)C. The first-order valence-electron chi connectivity index (χ1n) is 5.68. The summed E-state index contributed by atoms with van der Waals surface area (Å²) in [4.78, 5) is 1.47. The van der Waals surface area contributed by atoms with Crippen molar-refractivity contribution in [2.24, 2.45) is 5.41 Å². The quantitative estimate of drug-likeness (QED) is 0.824. The maximum Gasteiger partial charge on any atom is 0.00898 e. The van der Waals surface area contributed by atoms with E-state index in [0.29, 0.717) is 17.5 Å². The highest BCUT2D eigenvalue weighted by atomic mass is 32.1. The number of rotatable bonds is 4. The molecule has 1 aromatic heterocycles. The van der Waals surface area contributed by atoms with Crippen LogP contribution in [0.3, 0.4) is 0 Å². The van der Waals surface area contributed by atoms with Crippen molar-refractivity contribution >= 4 is 11.3 Å². The van der Waals surface area contributed by atoms with Crippen molar-refractivity contribution in [3.63, 3.8) is 0 Å². The molecule has 1 rings (SSSR count). The molecule has 0 aliphatic carbocycles. The molecule has 1 N–H and O–H groups in total. The van der Waals surface area contributed by atoms with E-state index in [4.69, 9.17) is 0 Å². The summed E-state index contributed by atoms with van der Waals surface area (Å²) in [6, 6.07) is 5.44. The van der Waals surface area contributed by atoms with Gasteiger partial charge in [-0.25, -0.2) is 0 Å². The molecule has 0 aliphatic heterocycles. The molecule has 0 bridgehead atoms. The van der Waals surface area contributed by atoms with Crippen molar-refractivity contribution in [3.05, 3.63) is 22.4 Å². The van der Waals surface area contributed by atoms with E-state index in [1.54, 1.807) is 0 Å². The fourth-order valence-corrected chi connectivity index (χ4v) is 2.30. The molecule has 0 aromatic carbocycles. The zero-order valence-corrected chi connectivity index (χ0v) is 11.3. The Kier molecular flexibility index (Phi) is 4.35. The highest BCUT2D eigenvalue weighted by molar-refractivity contribution is 7.09. The van der Waals surface area contributed by atoms with Crippen LogP contribution in [0.5, 0.6) is 0 Å². The van der Waals surface area contributed by atoms with E-state index < -0.39 is 0 Å². The van der Waals surface area contributed by atoms with Gasteiger partial charge < -0.3 is 5.32 Å². The van der Waals surface area contributed by atoms with E-state index in [1.165, 1.54) is 4.88 Å². The molecule has 1 aromatic rings. The molecular weight excluding hydrogens is 202 g/mol. The smallest absolute Gasteiger partial charge is 0.00898 e. The summed E-state index contributed by atoms with van der Waals surface area (Å²) in [5, 5.41) is 5.81. The molecule has 0 fully saturated rings. The van der Waals surface area contributed by atoms with Crippen LogP contribution in [0.15, 0.2) is 17.5 Å². The number of hydrogen-bond donors (Lipinski definition) is 1. The fraction of sp³-hybridized carbons (Fsp3) is 0.692. The molecular formula is C13H23NS. The molecule has 2 unspecified atom stereocenters. The molecule has 0 aliphatic rings. The summed E-state index contributed by atoms with van der Waals surface area (Å²) >= 11 is 1.85. The summed E-state index contributed by atoms with van der Waals surface area (Å²) in [5.74, 6) is 0. The van der Waals surface area contributed by atoms with E-state index in [-0.39, 0.29) is 0 Å². The first-order chi connectivity index (χ1) is 6.89. The Morgan fingerprint density at radius 3 is 2.47 bits per heavy atom. The second-order valence-electron chi connectivity index (χ2n) is 5.44. The largest absolute Gasteiger partial charge is 0.311 e. The normalized spacial score (nSPS) is 16.3. The zero-order valence-electron chi connectivity index (χ0n) is 10.5. The summed E-state index contributed by atoms with van der Waals surface area (Å²) in [6.07, 6.45) is 1.14. The van der Waals surface area contributed by atoms with E-state index in [9.17, 15) is 0 Å². The van der Waals surface area contributed by atoms with Gasteiger partial charge in [0.15, 0.2) is 0 Å². The van der Waals surface area contributed by atoms with Gasteiger partial charge in [-0.15, -0.1) is 11.3 Å². The van der Waals surface area contributed by atoms with Crippen LogP contribution in [0.25, 0.3) is 0 Å². The lowest BCUT2D eigenvalue weighted by atomic mass is 9.87. The van der Waals surface area contributed by atoms with Gasteiger partial charge in [0.2, 0.25) is 0 Å². The second-order valence-corrected chi connectivity index (χ2v) is 6.47. The molecule has 2 heteroatoms. The van der Waals surface area contributed by atoms with Gasteiger partial charge in [0, 0.05) is 17.0 Å². The van der Waals surface area contributed by atoms with Crippen molar-refractivity contribution in [3.8, 4) is 0 Å². The molecule has 0 saturated carbocycles. The minimum atomic E-state index is 0.337. The molecule has 0 spiro atoms. The third-order valence-corrected chi connectivity index (χ3v) is 3.82. The van der Waals surface area contributed by atoms with Gasteiger partial charge >= 0.3 is 0 Å². The van der Waals surface area contributed by atoms with Gasteiger partial charge in [0.05, 0.1) is 0 Å². The van der Waals surface area contributed by atoms with Crippen molar-refractivity contribution in [2.75, 3.05) is 0 Å². The highest BCUT2D eigenvalue weighted by Crippen LogP contribution is 2.20. The first-order valence-corrected chi connectivity index (χ1v) is 6.56. The van der Waals surface area contributed by atoms with Gasteiger partial charge in [0.1, 0.15) is 0 Å². The molecule has 1 heterocycles. The van der Waals surface area contributed by atoms with Crippen molar-refractivity contribution < 1.29 is 0 Å². The predicted octanol–water partition coefficient (Wildman–Crippen LogP) is 3.70. The van der Waals surface area contributed by atoms with Crippen LogP contribution >= 0.6 is 11.3 Å². The van der Waals surface area contributed by atoms with Gasteiger partial charge in [0.25, 0.3) is 0 Å².